The van der Waals surface area contributed by atoms with Gasteiger partial charge in [-0.3, -0.25) is 4.79 Å². The predicted molar refractivity (Wildman–Crippen MR) is 120 cm³/mol. The Morgan fingerprint density at radius 2 is 1.61 bits per heavy atom. The van der Waals surface area contributed by atoms with Gasteiger partial charge in [-0.1, -0.05) is 60.1 Å². The van der Waals surface area contributed by atoms with E-state index in [9.17, 15) is 9.59 Å². The Bertz CT molecular complexity index is 1290. The number of halogens is 1. The average Bonchev–Trinajstić information content (AvgIpc) is 2.81. The molecular formula is C25H18ClNO4. The van der Waals surface area contributed by atoms with Crippen molar-refractivity contribution < 1.29 is 19.1 Å². The molecule has 0 aliphatic rings. The van der Waals surface area contributed by atoms with E-state index in [1.54, 1.807) is 42.5 Å². The Morgan fingerprint density at radius 3 is 2.42 bits per heavy atom. The van der Waals surface area contributed by atoms with Crippen LogP contribution in [0.3, 0.4) is 0 Å². The zero-order valence-corrected chi connectivity index (χ0v) is 17.4. The maximum Gasteiger partial charge on any atom is 0.339 e. The van der Waals surface area contributed by atoms with Crippen LogP contribution in [-0.2, 0) is 4.74 Å². The van der Waals surface area contributed by atoms with Gasteiger partial charge in [-0.05, 0) is 30.3 Å². The summed E-state index contributed by atoms with van der Waals surface area (Å²) >= 11 is 6.33. The fourth-order valence-electron chi connectivity index (χ4n) is 3.31. The molecule has 0 spiro atoms. The number of ether oxygens (including phenoxy) is 2. The van der Waals surface area contributed by atoms with E-state index < -0.39 is 12.6 Å². The summed E-state index contributed by atoms with van der Waals surface area (Å²) in [5, 5.41) is 1.16. The standard InChI is InChI=1S/C25H18ClNO4/c1-30-24-13-7-4-10-18(24)23(28)15-31-25(29)19-14-22(17-9-2-5-11-20(17)26)27-21-12-6-3-8-16(19)21/h2-14H,15H2,1H3. The molecule has 0 saturated carbocycles. The lowest BCUT2D eigenvalue weighted by molar-refractivity contribution is 0.0476. The van der Waals surface area contributed by atoms with Crippen molar-refractivity contribution in [1.82, 2.24) is 4.98 Å². The Kier molecular flexibility index (Phi) is 5.96. The summed E-state index contributed by atoms with van der Waals surface area (Å²) < 4.78 is 10.6. The van der Waals surface area contributed by atoms with Gasteiger partial charge in [0.05, 0.1) is 29.4 Å². The fourth-order valence-corrected chi connectivity index (χ4v) is 3.55. The number of esters is 1. The second-order valence-electron chi connectivity index (χ2n) is 6.75. The molecule has 3 aromatic carbocycles. The van der Waals surface area contributed by atoms with Crippen LogP contribution in [0.4, 0.5) is 0 Å². The van der Waals surface area contributed by atoms with E-state index in [0.29, 0.717) is 44.1 Å². The number of Topliss-reactive ketones (excluding diaryl/α,β-unsaturated/α-hetero) is 1. The molecule has 5 nitrogen and oxygen atoms in total. The molecule has 0 saturated heterocycles. The third kappa shape index (κ3) is 4.27. The van der Waals surface area contributed by atoms with Crippen molar-refractivity contribution in [1.29, 1.82) is 0 Å². The van der Waals surface area contributed by atoms with Gasteiger partial charge in [0.25, 0.3) is 0 Å². The van der Waals surface area contributed by atoms with E-state index in [4.69, 9.17) is 21.1 Å². The van der Waals surface area contributed by atoms with Gasteiger partial charge >= 0.3 is 5.97 Å². The van der Waals surface area contributed by atoms with E-state index in [0.717, 1.165) is 0 Å². The lowest BCUT2D eigenvalue weighted by Crippen LogP contribution is -2.15. The van der Waals surface area contributed by atoms with Gasteiger partial charge in [0.15, 0.2) is 6.61 Å². The maximum atomic E-state index is 13.0. The Balaban J connectivity index is 1.66. The van der Waals surface area contributed by atoms with Crippen molar-refractivity contribution in [2.24, 2.45) is 0 Å². The smallest absolute Gasteiger partial charge is 0.339 e. The van der Waals surface area contributed by atoms with Gasteiger partial charge in [-0.2, -0.15) is 0 Å². The number of ketones is 1. The van der Waals surface area contributed by atoms with Crippen LogP contribution < -0.4 is 4.74 Å². The highest BCUT2D eigenvalue weighted by Gasteiger charge is 2.19. The summed E-state index contributed by atoms with van der Waals surface area (Å²) in [6.07, 6.45) is 0. The van der Waals surface area contributed by atoms with E-state index in [2.05, 4.69) is 4.98 Å². The number of aromatic nitrogens is 1. The zero-order valence-electron chi connectivity index (χ0n) is 16.7. The molecule has 0 bridgehead atoms. The Morgan fingerprint density at radius 1 is 0.903 bits per heavy atom. The fraction of sp³-hybridized carbons (Fsp3) is 0.0800. The number of methoxy groups -OCH3 is 1. The summed E-state index contributed by atoms with van der Waals surface area (Å²) in [5.74, 6) is -0.537. The molecule has 31 heavy (non-hydrogen) atoms. The van der Waals surface area contributed by atoms with Crippen LogP contribution in [0.1, 0.15) is 20.7 Å². The average molecular weight is 432 g/mol. The van der Waals surface area contributed by atoms with Crippen molar-refractivity contribution in [3.05, 3.63) is 95.0 Å². The number of hydrogen-bond donors (Lipinski definition) is 0. The number of nitrogens with zero attached hydrogens (tertiary/aromatic N) is 1. The Labute approximate surface area is 184 Å². The molecule has 4 aromatic rings. The molecular weight excluding hydrogens is 414 g/mol. The van der Waals surface area contributed by atoms with Gasteiger partial charge < -0.3 is 9.47 Å². The van der Waals surface area contributed by atoms with Crippen LogP contribution in [0.15, 0.2) is 78.9 Å². The number of carbonyl (C=O) groups is 2. The van der Waals surface area contributed by atoms with E-state index >= 15 is 0 Å². The van der Waals surface area contributed by atoms with Crippen LogP contribution >= 0.6 is 11.6 Å². The third-order valence-corrected chi connectivity index (χ3v) is 5.16. The van der Waals surface area contributed by atoms with E-state index in [1.165, 1.54) is 7.11 Å². The largest absolute Gasteiger partial charge is 0.496 e. The molecule has 0 aliphatic heterocycles. The summed E-state index contributed by atoms with van der Waals surface area (Å²) in [7, 11) is 1.48. The zero-order chi connectivity index (χ0) is 21.8. The highest BCUT2D eigenvalue weighted by molar-refractivity contribution is 6.33. The van der Waals surface area contributed by atoms with Crippen molar-refractivity contribution in [2.75, 3.05) is 13.7 Å². The first-order valence-electron chi connectivity index (χ1n) is 9.56. The Hall–Kier alpha value is -3.70. The second-order valence-corrected chi connectivity index (χ2v) is 7.16. The van der Waals surface area contributed by atoms with Gasteiger partial charge in [0.2, 0.25) is 5.78 Å². The van der Waals surface area contributed by atoms with Crippen LogP contribution in [0.25, 0.3) is 22.2 Å². The minimum Gasteiger partial charge on any atom is -0.496 e. The molecule has 6 heteroatoms. The van der Waals surface area contributed by atoms with Gasteiger partial charge in [-0.15, -0.1) is 0 Å². The topological polar surface area (TPSA) is 65.5 Å². The predicted octanol–water partition coefficient (Wildman–Crippen LogP) is 5.60. The van der Waals surface area contributed by atoms with E-state index in [-0.39, 0.29) is 5.78 Å². The van der Waals surface area contributed by atoms with Crippen molar-refractivity contribution >= 4 is 34.3 Å². The molecule has 1 aromatic heterocycles. The summed E-state index contributed by atoms with van der Waals surface area (Å²) in [5.41, 5.74) is 2.55. The van der Waals surface area contributed by atoms with Crippen LogP contribution in [-0.4, -0.2) is 30.5 Å². The minimum atomic E-state index is -0.616. The van der Waals surface area contributed by atoms with Crippen molar-refractivity contribution in [3.8, 4) is 17.0 Å². The summed E-state index contributed by atoms with van der Waals surface area (Å²) in [4.78, 5) is 30.2. The molecule has 154 valence electrons. The molecule has 0 unspecified atom stereocenters. The van der Waals surface area contributed by atoms with Gasteiger partial charge in [0.1, 0.15) is 5.75 Å². The normalized spacial score (nSPS) is 10.6. The quantitative estimate of drug-likeness (QED) is 0.293. The number of para-hydroxylation sites is 2. The molecule has 0 aliphatic carbocycles. The second kappa shape index (κ2) is 8.98. The van der Waals surface area contributed by atoms with Crippen LogP contribution in [0.2, 0.25) is 5.02 Å². The van der Waals surface area contributed by atoms with Crippen LogP contribution in [0.5, 0.6) is 5.75 Å². The molecule has 4 rings (SSSR count). The first-order valence-corrected chi connectivity index (χ1v) is 9.94. The highest BCUT2D eigenvalue weighted by atomic mass is 35.5. The monoisotopic (exact) mass is 431 g/mol. The third-order valence-electron chi connectivity index (χ3n) is 4.83. The molecule has 1 heterocycles. The SMILES string of the molecule is COc1ccccc1C(=O)COC(=O)c1cc(-c2ccccc2Cl)nc2ccccc12. The number of rotatable bonds is 6. The minimum absolute atomic E-state index is 0.313. The number of benzene rings is 3. The molecule has 0 radical (unpaired) electrons. The first-order chi connectivity index (χ1) is 15.1. The van der Waals surface area contributed by atoms with Gasteiger partial charge in [0, 0.05) is 16.0 Å². The summed E-state index contributed by atoms with van der Waals surface area (Å²) in [6.45, 7) is -0.405. The summed E-state index contributed by atoms with van der Waals surface area (Å²) in [6, 6.07) is 23.0. The lowest BCUT2D eigenvalue weighted by atomic mass is 10.0. The van der Waals surface area contributed by atoms with Crippen molar-refractivity contribution in [3.63, 3.8) is 0 Å². The first kappa shape index (κ1) is 20.6. The molecule has 0 atom stereocenters. The number of fused-ring (bicyclic) bond motifs is 1. The molecule has 0 fully saturated rings. The number of hydrogen-bond acceptors (Lipinski definition) is 5. The van der Waals surface area contributed by atoms with Gasteiger partial charge in [-0.25, -0.2) is 9.78 Å². The molecule has 0 N–H and O–H groups in total. The van der Waals surface area contributed by atoms with E-state index in [1.807, 2.05) is 36.4 Å². The lowest BCUT2D eigenvalue weighted by Gasteiger charge is -2.11. The van der Waals surface area contributed by atoms with Crippen LogP contribution in [0, 0.1) is 0 Å². The van der Waals surface area contributed by atoms with Crippen molar-refractivity contribution in [2.45, 2.75) is 0 Å². The molecule has 0 amide bonds. The number of carbonyl (C=O) groups excluding carboxylic acids is 2. The highest BCUT2D eigenvalue weighted by Crippen LogP contribution is 2.30. The maximum absolute atomic E-state index is 13.0. The number of pyridine rings is 1.